The van der Waals surface area contributed by atoms with Crippen LogP contribution in [0.5, 0.6) is 11.5 Å². The lowest BCUT2D eigenvalue weighted by Gasteiger charge is -2.37. The van der Waals surface area contributed by atoms with Crippen LogP contribution in [0.2, 0.25) is 0 Å². The summed E-state index contributed by atoms with van der Waals surface area (Å²) in [6, 6.07) is 12.4. The highest BCUT2D eigenvalue weighted by atomic mass is 19.1. The molecule has 3 aliphatic rings. The molecular weight excluding hydrogens is 424 g/mol. The predicted octanol–water partition coefficient (Wildman–Crippen LogP) is 4.72. The van der Waals surface area contributed by atoms with Crippen LogP contribution in [-0.2, 0) is 10.2 Å². The molecule has 0 radical (unpaired) electrons. The van der Waals surface area contributed by atoms with Crippen molar-refractivity contribution in [2.45, 2.75) is 24.2 Å². The van der Waals surface area contributed by atoms with Crippen LogP contribution < -0.4 is 15.8 Å². The zero-order chi connectivity index (χ0) is 22.6. The highest BCUT2D eigenvalue weighted by Gasteiger charge is 2.45. The maximum absolute atomic E-state index is 15.4. The first kappa shape index (κ1) is 20.2. The van der Waals surface area contributed by atoms with Crippen LogP contribution in [0.4, 0.5) is 8.78 Å². The van der Waals surface area contributed by atoms with Gasteiger partial charge in [-0.25, -0.2) is 9.37 Å². The summed E-state index contributed by atoms with van der Waals surface area (Å²) < 4.78 is 41.4. The maximum Gasteiger partial charge on any atom is 0.220 e. The summed E-state index contributed by atoms with van der Waals surface area (Å²) in [5.74, 6) is 0.552. The molecule has 1 fully saturated rings. The molecule has 7 heteroatoms. The van der Waals surface area contributed by atoms with Crippen LogP contribution in [0.15, 0.2) is 60.6 Å². The molecule has 0 amide bonds. The highest BCUT2D eigenvalue weighted by molar-refractivity contribution is 5.71. The molecule has 4 heterocycles. The Kier molecular flexibility index (Phi) is 4.62. The molecule has 0 unspecified atom stereocenters. The van der Waals surface area contributed by atoms with E-state index < -0.39 is 11.4 Å². The summed E-state index contributed by atoms with van der Waals surface area (Å²) in [5, 5.41) is 3.21. The van der Waals surface area contributed by atoms with E-state index in [1.54, 1.807) is 30.3 Å². The van der Waals surface area contributed by atoms with Crippen molar-refractivity contribution in [3.8, 4) is 22.6 Å². The summed E-state index contributed by atoms with van der Waals surface area (Å²) >= 11 is 0. The Balaban J connectivity index is 1.54. The highest BCUT2D eigenvalue weighted by Crippen LogP contribution is 2.53. The Morgan fingerprint density at radius 2 is 1.91 bits per heavy atom. The lowest BCUT2D eigenvalue weighted by atomic mass is 9.71. The van der Waals surface area contributed by atoms with Crippen molar-refractivity contribution >= 4 is 0 Å². The van der Waals surface area contributed by atoms with Crippen molar-refractivity contribution in [3.05, 3.63) is 89.0 Å². The number of benzene rings is 2. The molecule has 3 aromatic rings. The molecule has 33 heavy (non-hydrogen) atoms. The molecule has 0 bridgehead atoms. The Morgan fingerprint density at radius 3 is 2.67 bits per heavy atom. The van der Waals surface area contributed by atoms with E-state index in [-0.39, 0.29) is 17.5 Å². The molecule has 1 spiro atoms. The van der Waals surface area contributed by atoms with Gasteiger partial charge in [-0.3, -0.25) is 0 Å². The van der Waals surface area contributed by atoms with Crippen molar-refractivity contribution in [1.29, 1.82) is 0 Å². The summed E-state index contributed by atoms with van der Waals surface area (Å²) in [5.41, 5.74) is 8.99. The van der Waals surface area contributed by atoms with Crippen LogP contribution in [0.25, 0.3) is 11.1 Å². The third kappa shape index (κ3) is 3.18. The first-order valence-corrected chi connectivity index (χ1v) is 11.1. The van der Waals surface area contributed by atoms with E-state index in [1.165, 1.54) is 6.20 Å². The Bertz CT molecular complexity index is 1290. The average molecular weight is 447 g/mol. The lowest BCUT2D eigenvalue weighted by Crippen LogP contribution is -2.35. The van der Waals surface area contributed by atoms with Crippen LogP contribution in [-0.4, -0.2) is 24.7 Å². The van der Waals surface area contributed by atoms with E-state index in [4.69, 9.17) is 15.2 Å². The molecule has 168 valence electrons. The van der Waals surface area contributed by atoms with Crippen molar-refractivity contribution < 1.29 is 18.3 Å². The first-order valence-electron chi connectivity index (χ1n) is 11.1. The van der Waals surface area contributed by atoms with Crippen LogP contribution in [0.3, 0.4) is 0 Å². The minimum absolute atomic E-state index is 0.214. The van der Waals surface area contributed by atoms with Gasteiger partial charge in [-0.05, 0) is 66.3 Å². The zero-order valence-corrected chi connectivity index (χ0v) is 17.9. The van der Waals surface area contributed by atoms with Gasteiger partial charge in [0.25, 0.3) is 0 Å². The Labute approximate surface area is 190 Å². The fourth-order valence-electron chi connectivity index (χ4n) is 5.26. The smallest absolute Gasteiger partial charge is 0.220 e. The zero-order valence-electron chi connectivity index (χ0n) is 17.9. The number of aromatic nitrogens is 1. The van der Waals surface area contributed by atoms with E-state index >= 15 is 4.39 Å². The fourth-order valence-corrected chi connectivity index (χ4v) is 5.26. The number of nitrogens with one attached hydrogen (secondary N) is 1. The van der Waals surface area contributed by atoms with Gasteiger partial charge in [0, 0.05) is 42.6 Å². The van der Waals surface area contributed by atoms with Gasteiger partial charge in [-0.2, -0.15) is 4.39 Å². The molecular formula is C26H23F2N3O2. The average Bonchev–Trinajstić information content (AvgIpc) is 3.23. The first-order chi connectivity index (χ1) is 16.0. The molecule has 0 aliphatic carbocycles. The van der Waals surface area contributed by atoms with Gasteiger partial charge in [-0.15, -0.1) is 0 Å². The van der Waals surface area contributed by atoms with E-state index in [0.717, 1.165) is 29.5 Å². The Hall–Kier alpha value is -3.45. The normalized spacial score (nSPS) is 21.7. The second-order valence-corrected chi connectivity index (χ2v) is 8.85. The molecule has 1 atom stereocenters. The number of pyridine rings is 1. The fraction of sp³-hybridized carbons (Fsp3) is 0.269. The predicted molar refractivity (Wildman–Crippen MR) is 120 cm³/mol. The van der Waals surface area contributed by atoms with E-state index in [0.29, 0.717) is 42.5 Å². The van der Waals surface area contributed by atoms with Gasteiger partial charge in [0.1, 0.15) is 5.75 Å². The van der Waals surface area contributed by atoms with Gasteiger partial charge in [0.15, 0.2) is 11.6 Å². The van der Waals surface area contributed by atoms with Crippen molar-refractivity contribution in [3.63, 3.8) is 0 Å². The maximum atomic E-state index is 15.4. The van der Waals surface area contributed by atoms with Gasteiger partial charge in [0.05, 0.1) is 11.2 Å². The minimum Gasteiger partial charge on any atom is -0.454 e. The number of hydrogen-bond donors (Lipinski definition) is 2. The van der Waals surface area contributed by atoms with E-state index in [1.807, 2.05) is 18.2 Å². The quantitative estimate of drug-likeness (QED) is 0.557. The van der Waals surface area contributed by atoms with Crippen LogP contribution >= 0.6 is 0 Å². The molecule has 5 nitrogen and oxygen atoms in total. The lowest BCUT2D eigenvalue weighted by molar-refractivity contribution is 0.0852. The number of fused-ring (bicyclic) bond motifs is 4. The largest absolute Gasteiger partial charge is 0.454 e. The number of hydrogen-bond acceptors (Lipinski definition) is 5. The third-order valence-electron chi connectivity index (χ3n) is 6.95. The second-order valence-electron chi connectivity index (χ2n) is 8.85. The number of ether oxygens (including phenoxy) is 2. The van der Waals surface area contributed by atoms with Gasteiger partial charge in [0.2, 0.25) is 5.95 Å². The second kappa shape index (κ2) is 7.56. The summed E-state index contributed by atoms with van der Waals surface area (Å²) in [7, 11) is 0. The van der Waals surface area contributed by atoms with Gasteiger partial charge < -0.3 is 20.5 Å². The van der Waals surface area contributed by atoms with E-state index in [2.05, 4.69) is 10.3 Å². The number of nitrogens with zero attached hydrogens (tertiary/aromatic N) is 1. The van der Waals surface area contributed by atoms with Crippen molar-refractivity contribution in [2.24, 2.45) is 5.73 Å². The molecule has 3 aliphatic heterocycles. The molecule has 6 rings (SSSR count). The monoisotopic (exact) mass is 447 g/mol. The summed E-state index contributed by atoms with van der Waals surface area (Å²) in [6.45, 7) is 1.79. The van der Waals surface area contributed by atoms with Gasteiger partial charge in [-0.1, -0.05) is 12.1 Å². The van der Waals surface area contributed by atoms with E-state index in [9.17, 15) is 4.39 Å². The minimum atomic E-state index is -0.732. The molecule has 0 saturated carbocycles. The standard InChI is InChI=1S/C26H23F2N3O2/c27-21-12-17(15-5-8-32-9-6-15)11-20-24(21)33-22-4-3-16(18-2-1-7-30-25(18)28)10-19(22)26(20)13-23(29)31-14-26/h1-4,7,10-13,15,31H,5-6,8-9,14,29H2/t26-/m0/s1. The van der Waals surface area contributed by atoms with Gasteiger partial charge >= 0.3 is 0 Å². The number of halogens is 2. The topological polar surface area (TPSA) is 69.4 Å². The third-order valence-corrected chi connectivity index (χ3v) is 6.95. The summed E-state index contributed by atoms with van der Waals surface area (Å²) in [6.07, 6.45) is 5.04. The SMILES string of the molecule is NC1=C[C@]2(CN1)c1cc(-c3cccnc3F)ccc1Oc1c(F)cc(C3CCOCC3)cc12. The van der Waals surface area contributed by atoms with Crippen LogP contribution in [0.1, 0.15) is 35.4 Å². The Morgan fingerprint density at radius 1 is 1.06 bits per heavy atom. The molecule has 3 N–H and O–H groups in total. The number of rotatable bonds is 2. The molecule has 1 saturated heterocycles. The van der Waals surface area contributed by atoms with Crippen LogP contribution in [0, 0.1) is 11.8 Å². The molecule has 2 aromatic carbocycles. The van der Waals surface area contributed by atoms with Crippen molar-refractivity contribution in [1.82, 2.24) is 10.3 Å². The van der Waals surface area contributed by atoms with Crippen molar-refractivity contribution in [2.75, 3.05) is 19.8 Å². The summed E-state index contributed by atoms with van der Waals surface area (Å²) in [4.78, 5) is 3.78. The molecule has 1 aromatic heterocycles. The number of nitrogens with two attached hydrogens (primary N) is 1.